The van der Waals surface area contributed by atoms with E-state index in [4.69, 9.17) is 14.2 Å². The van der Waals surface area contributed by atoms with Gasteiger partial charge in [-0.05, 0) is 50.2 Å². The van der Waals surface area contributed by atoms with E-state index in [0.29, 0.717) is 23.6 Å². The molecular weight excluding hydrogens is 455 g/mol. The van der Waals surface area contributed by atoms with Crippen molar-refractivity contribution >= 4 is 17.4 Å². The van der Waals surface area contributed by atoms with Gasteiger partial charge in [0.05, 0.1) is 32.9 Å². The fourth-order valence-electron chi connectivity index (χ4n) is 4.79. The highest BCUT2D eigenvalue weighted by Crippen LogP contribution is 2.45. The van der Waals surface area contributed by atoms with E-state index in [2.05, 4.69) is 4.90 Å². The predicted octanol–water partition coefficient (Wildman–Crippen LogP) is 3.37. The molecule has 1 unspecified atom stereocenters. The van der Waals surface area contributed by atoms with Crippen LogP contribution in [0, 0.1) is 5.82 Å². The molecule has 2 aromatic carbocycles. The van der Waals surface area contributed by atoms with E-state index in [0.717, 1.165) is 32.0 Å². The molecule has 2 saturated heterocycles. The number of aliphatic hydroxyl groups excluding tert-OH is 1. The lowest BCUT2D eigenvalue weighted by molar-refractivity contribution is -0.140. The second-order valence-corrected chi connectivity index (χ2v) is 8.47. The smallest absolute Gasteiger partial charge is 0.295 e. The topological polar surface area (TPSA) is 88.5 Å². The van der Waals surface area contributed by atoms with Crippen molar-refractivity contribution in [3.63, 3.8) is 0 Å². The molecule has 0 aliphatic carbocycles. The Morgan fingerprint density at radius 2 is 1.71 bits per heavy atom. The first-order valence-electron chi connectivity index (χ1n) is 11.5. The standard InChI is InChI=1S/C26H29FN2O6/c1-33-19-10-9-16(15-18(19)27)23(30)21-22(17-7-6-8-20(34-2)25(17)35-3)29(26(32)24(21)31)14-13-28-11-4-5-12-28/h6-10,15,22,30H,4-5,11-14H2,1-3H3/b23-21+. The zero-order valence-electron chi connectivity index (χ0n) is 20.0. The highest BCUT2D eigenvalue weighted by molar-refractivity contribution is 6.46. The molecule has 0 bridgehead atoms. The number of aliphatic hydroxyl groups is 1. The number of para-hydroxylation sites is 1. The van der Waals surface area contributed by atoms with E-state index in [1.807, 2.05) is 0 Å². The molecule has 9 heteroatoms. The van der Waals surface area contributed by atoms with E-state index >= 15 is 0 Å². The summed E-state index contributed by atoms with van der Waals surface area (Å²) >= 11 is 0. The Balaban J connectivity index is 1.85. The number of amides is 1. The SMILES string of the molecule is COc1ccc(/C(O)=C2\C(=O)C(=O)N(CCN3CCCC3)C2c2cccc(OC)c2OC)cc1F. The van der Waals surface area contributed by atoms with Gasteiger partial charge < -0.3 is 29.1 Å². The number of hydrogen-bond donors (Lipinski definition) is 1. The van der Waals surface area contributed by atoms with Crippen LogP contribution < -0.4 is 14.2 Å². The number of benzene rings is 2. The number of ketones is 1. The minimum absolute atomic E-state index is 0.00127. The molecule has 2 aromatic rings. The maximum atomic E-state index is 14.4. The van der Waals surface area contributed by atoms with Crippen LogP contribution in [0.1, 0.15) is 30.0 Å². The first-order chi connectivity index (χ1) is 16.9. The number of ether oxygens (including phenoxy) is 3. The van der Waals surface area contributed by atoms with Crippen LogP contribution in [-0.2, 0) is 9.59 Å². The lowest BCUT2D eigenvalue weighted by atomic mass is 9.94. The van der Waals surface area contributed by atoms with Crippen molar-refractivity contribution < 1.29 is 33.3 Å². The van der Waals surface area contributed by atoms with Crippen LogP contribution in [0.4, 0.5) is 4.39 Å². The largest absolute Gasteiger partial charge is 0.507 e. The van der Waals surface area contributed by atoms with Gasteiger partial charge >= 0.3 is 0 Å². The average molecular weight is 485 g/mol. The minimum Gasteiger partial charge on any atom is -0.507 e. The number of carbonyl (C=O) groups excluding carboxylic acids is 2. The molecule has 8 nitrogen and oxygen atoms in total. The molecule has 1 atom stereocenters. The van der Waals surface area contributed by atoms with Gasteiger partial charge in [0, 0.05) is 24.2 Å². The number of nitrogens with zero attached hydrogens (tertiary/aromatic N) is 2. The van der Waals surface area contributed by atoms with Gasteiger partial charge in [0.2, 0.25) is 0 Å². The monoisotopic (exact) mass is 484 g/mol. The molecule has 2 aliphatic rings. The number of Topliss-reactive ketones (excluding diaryl/α,β-unsaturated/α-hetero) is 1. The number of likely N-dealkylation sites (tertiary alicyclic amines) is 2. The van der Waals surface area contributed by atoms with Crippen LogP contribution in [-0.4, -0.2) is 74.1 Å². The fourth-order valence-corrected chi connectivity index (χ4v) is 4.79. The zero-order chi connectivity index (χ0) is 25.1. The normalized spacial score (nSPS) is 19.9. The Morgan fingerprint density at radius 1 is 1.00 bits per heavy atom. The number of halogens is 1. The summed E-state index contributed by atoms with van der Waals surface area (Å²) in [5, 5.41) is 11.2. The van der Waals surface area contributed by atoms with Gasteiger partial charge in [0.1, 0.15) is 5.76 Å². The summed E-state index contributed by atoms with van der Waals surface area (Å²) in [7, 11) is 4.29. The lowest BCUT2D eigenvalue weighted by Gasteiger charge is -2.28. The van der Waals surface area contributed by atoms with Gasteiger partial charge in [-0.15, -0.1) is 0 Å². The van der Waals surface area contributed by atoms with Gasteiger partial charge in [-0.3, -0.25) is 9.59 Å². The molecule has 186 valence electrons. The van der Waals surface area contributed by atoms with Crippen LogP contribution in [0.5, 0.6) is 17.2 Å². The van der Waals surface area contributed by atoms with E-state index in [1.54, 1.807) is 18.2 Å². The van der Waals surface area contributed by atoms with E-state index in [9.17, 15) is 19.1 Å². The molecule has 2 fully saturated rings. The second kappa shape index (κ2) is 10.4. The molecule has 0 spiro atoms. The Bertz CT molecular complexity index is 1160. The summed E-state index contributed by atoms with van der Waals surface area (Å²) in [6, 6.07) is 8.09. The van der Waals surface area contributed by atoms with Gasteiger partial charge in [-0.25, -0.2) is 4.39 Å². The molecule has 2 heterocycles. The molecule has 0 radical (unpaired) electrons. The molecule has 4 rings (SSSR count). The van der Waals surface area contributed by atoms with Crippen molar-refractivity contribution in [2.24, 2.45) is 0 Å². The lowest BCUT2D eigenvalue weighted by Crippen LogP contribution is -2.37. The Morgan fingerprint density at radius 3 is 2.34 bits per heavy atom. The van der Waals surface area contributed by atoms with Crippen LogP contribution in [0.15, 0.2) is 42.0 Å². The number of rotatable bonds is 8. The summed E-state index contributed by atoms with van der Waals surface area (Å²) in [5.74, 6) is -1.97. The van der Waals surface area contributed by atoms with Crippen LogP contribution in [0.2, 0.25) is 0 Å². The van der Waals surface area contributed by atoms with E-state index < -0.39 is 29.3 Å². The highest BCUT2D eigenvalue weighted by atomic mass is 19.1. The third-order valence-corrected chi connectivity index (χ3v) is 6.55. The highest BCUT2D eigenvalue weighted by Gasteiger charge is 2.47. The molecule has 1 N–H and O–H groups in total. The molecule has 35 heavy (non-hydrogen) atoms. The summed E-state index contributed by atoms with van der Waals surface area (Å²) in [4.78, 5) is 30.1. The molecule has 2 aliphatic heterocycles. The van der Waals surface area contributed by atoms with Crippen molar-refractivity contribution in [2.45, 2.75) is 18.9 Å². The van der Waals surface area contributed by atoms with Crippen molar-refractivity contribution in [1.82, 2.24) is 9.80 Å². The van der Waals surface area contributed by atoms with Gasteiger partial charge in [-0.2, -0.15) is 0 Å². The fraction of sp³-hybridized carbons (Fsp3) is 0.385. The zero-order valence-corrected chi connectivity index (χ0v) is 20.0. The maximum Gasteiger partial charge on any atom is 0.295 e. The van der Waals surface area contributed by atoms with Gasteiger partial charge in [0.25, 0.3) is 11.7 Å². The minimum atomic E-state index is -0.937. The Labute approximate surface area is 203 Å². The number of hydrogen-bond acceptors (Lipinski definition) is 7. The van der Waals surface area contributed by atoms with Crippen molar-refractivity contribution in [2.75, 3.05) is 47.5 Å². The van der Waals surface area contributed by atoms with E-state index in [1.165, 1.54) is 38.4 Å². The third-order valence-electron chi connectivity index (χ3n) is 6.55. The molecule has 0 aromatic heterocycles. The number of carbonyl (C=O) groups is 2. The first kappa shape index (κ1) is 24.5. The van der Waals surface area contributed by atoms with Crippen LogP contribution in [0.3, 0.4) is 0 Å². The predicted molar refractivity (Wildman–Crippen MR) is 127 cm³/mol. The number of methoxy groups -OCH3 is 3. The van der Waals surface area contributed by atoms with Crippen molar-refractivity contribution in [3.8, 4) is 17.2 Å². The van der Waals surface area contributed by atoms with Crippen molar-refractivity contribution in [1.29, 1.82) is 0 Å². The maximum absolute atomic E-state index is 14.4. The summed E-state index contributed by atoms with van der Waals surface area (Å²) < 4.78 is 30.4. The Hall–Kier alpha value is -3.59. The van der Waals surface area contributed by atoms with Crippen LogP contribution in [0.25, 0.3) is 5.76 Å². The molecule has 1 amide bonds. The van der Waals surface area contributed by atoms with Crippen molar-refractivity contribution in [3.05, 3.63) is 58.9 Å². The summed E-state index contributed by atoms with van der Waals surface area (Å²) in [6.45, 7) is 2.74. The molecular formula is C26H29FN2O6. The summed E-state index contributed by atoms with van der Waals surface area (Å²) in [5.41, 5.74) is 0.420. The van der Waals surface area contributed by atoms with Crippen LogP contribution >= 0.6 is 0 Å². The summed E-state index contributed by atoms with van der Waals surface area (Å²) in [6.07, 6.45) is 2.18. The second-order valence-electron chi connectivity index (χ2n) is 8.47. The van der Waals surface area contributed by atoms with Gasteiger partial charge in [0.15, 0.2) is 23.1 Å². The first-order valence-corrected chi connectivity index (χ1v) is 11.5. The van der Waals surface area contributed by atoms with E-state index in [-0.39, 0.29) is 23.4 Å². The quantitative estimate of drug-likeness (QED) is 0.349. The third kappa shape index (κ3) is 4.55. The van der Waals surface area contributed by atoms with Gasteiger partial charge in [-0.1, -0.05) is 12.1 Å². The Kier molecular flexibility index (Phi) is 7.25. The molecule has 0 saturated carbocycles. The average Bonchev–Trinajstić information content (AvgIpc) is 3.48.